The van der Waals surface area contributed by atoms with Crippen LogP contribution in [0, 0.1) is 5.92 Å². The fourth-order valence-electron chi connectivity index (χ4n) is 4.31. The predicted octanol–water partition coefficient (Wildman–Crippen LogP) is 3.91. The van der Waals surface area contributed by atoms with Crippen molar-refractivity contribution in [1.82, 2.24) is 5.43 Å². The lowest BCUT2D eigenvalue weighted by molar-refractivity contribution is 0.160. The minimum atomic E-state index is 0.268. The van der Waals surface area contributed by atoms with Crippen molar-refractivity contribution in [2.24, 2.45) is 11.8 Å². The summed E-state index contributed by atoms with van der Waals surface area (Å²) in [4.78, 5) is 0. The lowest BCUT2D eigenvalue weighted by Gasteiger charge is -2.46. The smallest absolute Gasteiger partial charge is 0.0309 e. The molecule has 1 aromatic rings. The van der Waals surface area contributed by atoms with Gasteiger partial charge in [0, 0.05) is 11.5 Å². The number of hydrogen-bond donors (Lipinski definition) is 2. The van der Waals surface area contributed by atoms with Gasteiger partial charge in [-0.25, -0.2) is 0 Å². The first-order valence-electron chi connectivity index (χ1n) is 8.37. The van der Waals surface area contributed by atoms with E-state index < -0.39 is 0 Å². The topological polar surface area (TPSA) is 38.0 Å². The van der Waals surface area contributed by atoms with Crippen LogP contribution in [0.5, 0.6) is 0 Å². The zero-order chi connectivity index (χ0) is 13.8. The summed E-state index contributed by atoms with van der Waals surface area (Å²) in [5.74, 6) is 6.90. The molecule has 0 heterocycles. The normalized spacial score (nSPS) is 24.1. The van der Waals surface area contributed by atoms with E-state index >= 15 is 0 Å². The van der Waals surface area contributed by atoms with Crippen LogP contribution in [0.25, 0.3) is 0 Å². The van der Waals surface area contributed by atoms with Gasteiger partial charge in [0.25, 0.3) is 0 Å². The first-order chi connectivity index (χ1) is 9.85. The summed E-state index contributed by atoms with van der Waals surface area (Å²) < 4.78 is 0. The highest BCUT2D eigenvalue weighted by atomic mass is 15.2. The average molecular weight is 272 g/mol. The molecule has 1 unspecified atom stereocenters. The van der Waals surface area contributed by atoms with Gasteiger partial charge in [0.1, 0.15) is 0 Å². The number of hydrogen-bond acceptors (Lipinski definition) is 2. The second kappa shape index (κ2) is 6.28. The van der Waals surface area contributed by atoms with E-state index in [1.165, 1.54) is 63.4 Å². The second-order valence-electron chi connectivity index (χ2n) is 6.83. The molecule has 2 nitrogen and oxygen atoms in total. The number of nitrogens with two attached hydrogens (primary N) is 1. The Labute approximate surface area is 123 Å². The molecule has 2 aliphatic carbocycles. The Morgan fingerprint density at radius 2 is 1.75 bits per heavy atom. The molecular weight excluding hydrogens is 244 g/mol. The lowest BCUT2D eigenvalue weighted by atomic mass is 9.62. The van der Waals surface area contributed by atoms with E-state index in [0.29, 0.717) is 6.04 Å². The Morgan fingerprint density at radius 3 is 2.30 bits per heavy atom. The summed E-state index contributed by atoms with van der Waals surface area (Å²) in [5, 5.41) is 0. The van der Waals surface area contributed by atoms with E-state index in [9.17, 15) is 0 Å². The molecule has 0 saturated heterocycles. The molecule has 2 fully saturated rings. The van der Waals surface area contributed by atoms with Gasteiger partial charge in [0.15, 0.2) is 0 Å². The summed E-state index contributed by atoms with van der Waals surface area (Å²) in [6.07, 6.45) is 12.1. The third-order valence-corrected chi connectivity index (χ3v) is 5.76. The highest BCUT2D eigenvalue weighted by Gasteiger charge is 2.42. The van der Waals surface area contributed by atoms with Crippen LogP contribution in [0.3, 0.4) is 0 Å². The minimum absolute atomic E-state index is 0.268. The lowest BCUT2D eigenvalue weighted by Crippen LogP contribution is -2.53. The summed E-state index contributed by atoms with van der Waals surface area (Å²) in [6.45, 7) is 0. The van der Waals surface area contributed by atoms with Gasteiger partial charge in [-0.3, -0.25) is 11.3 Å². The molecule has 2 aliphatic rings. The highest BCUT2D eigenvalue weighted by molar-refractivity contribution is 5.28. The molecule has 1 aromatic carbocycles. The van der Waals surface area contributed by atoms with Gasteiger partial charge >= 0.3 is 0 Å². The van der Waals surface area contributed by atoms with Crippen molar-refractivity contribution in [2.45, 2.75) is 69.2 Å². The van der Waals surface area contributed by atoms with Crippen LogP contribution in [0.1, 0.15) is 63.4 Å². The molecule has 2 saturated carbocycles. The van der Waals surface area contributed by atoms with Gasteiger partial charge in [0.2, 0.25) is 0 Å². The first-order valence-corrected chi connectivity index (χ1v) is 8.37. The van der Waals surface area contributed by atoms with Gasteiger partial charge in [-0.1, -0.05) is 68.9 Å². The van der Waals surface area contributed by atoms with Crippen LogP contribution < -0.4 is 11.3 Å². The van der Waals surface area contributed by atoms with Crippen LogP contribution in [0.15, 0.2) is 30.3 Å². The molecule has 0 radical (unpaired) electrons. The van der Waals surface area contributed by atoms with Crippen LogP contribution in [0.4, 0.5) is 0 Å². The van der Waals surface area contributed by atoms with Gasteiger partial charge < -0.3 is 0 Å². The molecular formula is C18H28N2. The molecule has 0 aromatic heterocycles. The van der Waals surface area contributed by atoms with E-state index in [-0.39, 0.29) is 5.41 Å². The molecule has 110 valence electrons. The maximum atomic E-state index is 6.00. The van der Waals surface area contributed by atoms with E-state index in [2.05, 4.69) is 35.8 Å². The van der Waals surface area contributed by atoms with Crippen LogP contribution in [-0.4, -0.2) is 6.04 Å². The van der Waals surface area contributed by atoms with Crippen molar-refractivity contribution in [3.8, 4) is 0 Å². The van der Waals surface area contributed by atoms with Crippen LogP contribution in [-0.2, 0) is 5.41 Å². The summed E-state index contributed by atoms with van der Waals surface area (Å²) >= 11 is 0. The molecule has 0 spiro atoms. The number of nitrogens with one attached hydrogen (secondary N) is 1. The Morgan fingerprint density at radius 1 is 1.05 bits per heavy atom. The van der Waals surface area contributed by atoms with E-state index in [1.807, 2.05) is 0 Å². The van der Waals surface area contributed by atoms with Crippen molar-refractivity contribution in [2.75, 3.05) is 0 Å². The Kier molecular flexibility index (Phi) is 4.42. The minimum Gasteiger partial charge on any atom is -0.271 e. The first kappa shape index (κ1) is 14.1. The SMILES string of the molecule is NNC(CC1CCC1)C1(c2ccccc2)CCCCC1. The average Bonchev–Trinajstić information content (AvgIpc) is 2.48. The largest absolute Gasteiger partial charge is 0.271 e. The third-order valence-electron chi connectivity index (χ3n) is 5.76. The van der Waals surface area contributed by atoms with Gasteiger partial charge in [-0.05, 0) is 30.7 Å². The molecule has 0 aliphatic heterocycles. The molecule has 3 rings (SSSR count). The summed E-state index contributed by atoms with van der Waals surface area (Å²) in [6, 6.07) is 11.6. The zero-order valence-corrected chi connectivity index (χ0v) is 12.5. The number of hydrazine groups is 1. The molecule has 3 N–H and O–H groups in total. The van der Waals surface area contributed by atoms with Crippen molar-refractivity contribution in [3.05, 3.63) is 35.9 Å². The Balaban J connectivity index is 1.86. The van der Waals surface area contributed by atoms with Crippen LogP contribution in [0.2, 0.25) is 0 Å². The van der Waals surface area contributed by atoms with E-state index in [4.69, 9.17) is 5.84 Å². The summed E-state index contributed by atoms with van der Waals surface area (Å²) in [5.41, 5.74) is 4.98. The van der Waals surface area contributed by atoms with Gasteiger partial charge in [-0.2, -0.15) is 0 Å². The van der Waals surface area contributed by atoms with E-state index in [0.717, 1.165) is 5.92 Å². The molecule has 20 heavy (non-hydrogen) atoms. The van der Waals surface area contributed by atoms with Crippen molar-refractivity contribution < 1.29 is 0 Å². The maximum absolute atomic E-state index is 6.00. The van der Waals surface area contributed by atoms with Crippen molar-refractivity contribution >= 4 is 0 Å². The predicted molar refractivity (Wildman–Crippen MR) is 84.3 cm³/mol. The maximum Gasteiger partial charge on any atom is 0.0309 e. The second-order valence-corrected chi connectivity index (χ2v) is 6.83. The fraction of sp³-hybridized carbons (Fsp3) is 0.667. The number of benzene rings is 1. The fourth-order valence-corrected chi connectivity index (χ4v) is 4.31. The highest BCUT2D eigenvalue weighted by Crippen LogP contribution is 2.45. The number of rotatable bonds is 5. The summed E-state index contributed by atoms with van der Waals surface area (Å²) in [7, 11) is 0. The molecule has 0 amide bonds. The monoisotopic (exact) mass is 272 g/mol. The molecule has 2 heteroatoms. The third kappa shape index (κ3) is 2.64. The van der Waals surface area contributed by atoms with E-state index in [1.54, 1.807) is 0 Å². The Bertz CT molecular complexity index is 405. The molecule has 1 atom stereocenters. The van der Waals surface area contributed by atoms with Gasteiger partial charge in [0.05, 0.1) is 0 Å². The van der Waals surface area contributed by atoms with Crippen molar-refractivity contribution in [1.29, 1.82) is 0 Å². The standard InChI is InChI=1S/C18H28N2/c19-20-17(14-15-8-7-9-15)18(12-5-2-6-13-18)16-10-3-1-4-11-16/h1,3-4,10-11,15,17,20H,2,5-9,12-14,19H2. The van der Waals surface area contributed by atoms with Crippen molar-refractivity contribution in [3.63, 3.8) is 0 Å². The zero-order valence-electron chi connectivity index (χ0n) is 12.5. The van der Waals surface area contributed by atoms with Crippen LogP contribution >= 0.6 is 0 Å². The Hall–Kier alpha value is -0.860. The van der Waals surface area contributed by atoms with Gasteiger partial charge in [-0.15, -0.1) is 0 Å². The quantitative estimate of drug-likeness (QED) is 0.630. The molecule has 0 bridgehead atoms.